The molecule has 0 fully saturated rings. The van der Waals surface area contributed by atoms with Crippen LogP contribution in [0.1, 0.15) is 28.6 Å². The molecule has 1 aromatic carbocycles. The third kappa shape index (κ3) is 4.43. The molecule has 3 N–H and O–H groups in total. The number of carbonyl (C=O) groups is 1. The maximum atomic E-state index is 13.0. The van der Waals surface area contributed by atoms with E-state index in [1.165, 1.54) is 0 Å². The fourth-order valence-corrected chi connectivity index (χ4v) is 2.73. The second-order valence-electron chi connectivity index (χ2n) is 6.37. The second kappa shape index (κ2) is 8.08. The maximum absolute atomic E-state index is 13.0. The monoisotopic (exact) mass is 329 g/mol. The van der Waals surface area contributed by atoms with Gasteiger partial charge in [0.1, 0.15) is 6.04 Å². The normalized spacial score (nSPS) is 12.4. The van der Waals surface area contributed by atoms with E-state index in [9.17, 15) is 4.79 Å². The first kappa shape index (κ1) is 18.2. The van der Waals surface area contributed by atoms with Crippen molar-refractivity contribution in [1.29, 1.82) is 0 Å². The molecule has 2 rings (SSSR count). The Kier molecular flexibility index (Phi) is 6.11. The van der Waals surface area contributed by atoms with Gasteiger partial charge in [0.15, 0.2) is 0 Å². The Bertz CT molecular complexity index is 646. The van der Waals surface area contributed by atoms with Gasteiger partial charge in [0.25, 0.3) is 0 Å². The minimum atomic E-state index is -0.699. The molecule has 0 bridgehead atoms. The van der Waals surface area contributed by atoms with Gasteiger partial charge < -0.3 is 15.5 Å². The fraction of sp³-hybridized carbons (Fsp3) is 0.444. The molecule has 0 radical (unpaired) electrons. The van der Waals surface area contributed by atoms with Crippen molar-refractivity contribution >= 4 is 5.91 Å². The molecule has 0 unspecified atom stereocenters. The molecule has 1 aromatic heterocycles. The first-order valence-corrected chi connectivity index (χ1v) is 8.14. The molecule has 0 spiro atoms. The fourth-order valence-electron chi connectivity index (χ4n) is 2.73. The number of hydrogen-bond acceptors (Lipinski definition) is 4. The van der Waals surface area contributed by atoms with Crippen LogP contribution in [0.4, 0.5) is 0 Å². The van der Waals surface area contributed by atoms with Crippen LogP contribution in [0.2, 0.25) is 0 Å². The highest BCUT2D eigenvalue weighted by atomic mass is 16.2. The van der Waals surface area contributed by atoms with E-state index in [2.05, 4.69) is 15.1 Å². The number of amides is 1. The molecule has 1 heterocycles. The predicted molar refractivity (Wildman–Crippen MR) is 95.4 cm³/mol. The third-order valence-electron chi connectivity index (χ3n) is 4.11. The summed E-state index contributed by atoms with van der Waals surface area (Å²) in [5.74, 6) is -0.0756. The van der Waals surface area contributed by atoms with Gasteiger partial charge in [-0.15, -0.1) is 0 Å². The van der Waals surface area contributed by atoms with Gasteiger partial charge in [-0.1, -0.05) is 30.3 Å². The van der Waals surface area contributed by atoms with Gasteiger partial charge in [0.05, 0.1) is 5.69 Å². The van der Waals surface area contributed by atoms with Gasteiger partial charge in [-0.25, -0.2) is 0 Å². The van der Waals surface area contributed by atoms with E-state index in [1.54, 1.807) is 0 Å². The van der Waals surface area contributed by atoms with Crippen LogP contribution in [0, 0.1) is 13.8 Å². The minimum absolute atomic E-state index is 0.0756. The number of nitrogens with zero attached hydrogens (tertiary/aromatic N) is 3. The van der Waals surface area contributed by atoms with Crippen molar-refractivity contribution in [2.24, 2.45) is 5.73 Å². The second-order valence-corrected chi connectivity index (χ2v) is 6.37. The first-order chi connectivity index (χ1) is 11.4. The molecule has 1 atom stereocenters. The van der Waals surface area contributed by atoms with Crippen molar-refractivity contribution < 1.29 is 4.79 Å². The summed E-state index contributed by atoms with van der Waals surface area (Å²) in [6.07, 6.45) is 0. The average molecular weight is 329 g/mol. The van der Waals surface area contributed by atoms with E-state index in [0.717, 1.165) is 29.1 Å². The number of aryl methyl sites for hydroxylation is 2. The number of benzene rings is 1. The number of nitrogens with two attached hydrogens (primary N) is 1. The molecule has 6 nitrogen and oxygen atoms in total. The van der Waals surface area contributed by atoms with Crippen molar-refractivity contribution in [2.75, 3.05) is 27.2 Å². The van der Waals surface area contributed by atoms with Gasteiger partial charge in [-0.05, 0) is 33.5 Å². The molecule has 0 saturated heterocycles. The average Bonchev–Trinajstić information content (AvgIpc) is 2.89. The van der Waals surface area contributed by atoms with Gasteiger partial charge in [0.2, 0.25) is 5.91 Å². The molecule has 130 valence electrons. The minimum Gasteiger partial charge on any atom is -0.335 e. The summed E-state index contributed by atoms with van der Waals surface area (Å²) < 4.78 is 0. The van der Waals surface area contributed by atoms with Crippen LogP contribution in [0.15, 0.2) is 30.3 Å². The molecule has 1 amide bonds. The SMILES string of the molecule is Cc1n[nH]c(C)c1[C@@H](N)C(=O)N(CCN(C)C)Cc1ccccc1. The first-order valence-electron chi connectivity index (χ1n) is 8.14. The van der Waals surface area contributed by atoms with Crippen LogP contribution in [0.3, 0.4) is 0 Å². The number of aromatic nitrogens is 2. The molecule has 0 aliphatic carbocycles. The molecule has 24 heavy (non-hydrogen) atoms. The Morgan fingerprint density at radius 3 is 2.42 bits per heavy atom. The number of nitrogens with one attached hydrogen (secondary N) is 1. The molecule has 6 heteroatoms. The highest BCUT2D eigenvalue weighted by Crippen LogP contribution is 2.20. The van der Waals surface area contributed by atoms with Gasteiger partial charge in [-0.2, -0.15) is 5.10 Å². The summed E-state index contributed by atoms with van der Waals surface area (Å²) in [6, 6.07) is 9.28. The lowest BCUT2D eigenvalue weighted by Gasteiger charge is -2.27. The van der Waals surface area contributed by atoms with E-state index in [4.69, 9.17) is 5.73 Å². The Balaban J connectivity index is 2.20. The Morgan fingerprint density at radius 1 is 1.21 bits per heavy atom. The number of H-pyrrole nitrogens is 1. The summed E-state index contributed by atoms with van der Waals surface area (Å²) in [5, 5.41) is 7.06. The zero-order valence-electron chi connectivity index (χ0n) is 14.9. The molecule has 0 aliphatic rings. The van der Waals surface area contributed by atoms with E-state index < -0.39 is 6.04 Å². The van der Waals surface area contributed by atoms with Gasteiger partial charge >= 0.3 is 0 Å². The number of rotatable bonds is 7. The standard InChI is InChI=1S/C18H27N5O/c1-13-16(14(2)21-20-13)17(19)18(24)23(11-10-22(3)4)12-15-8-6-5-7-9-15/h5-9,17H,10-12,19H2,1-4H3,(H,20,21)/t17-/m1/s1. The molecular weight excluding hydrogens is 302 g/mol. The largest absolute Gasteiger partial charge is 0.335 e. The van der Waals surface area contributed by atoms with Crippen molar-refractivity contribution in [2.45, 2.75) is 26.4 Å². The molecular formula is C18H27N5O. The quantitative estimate of drug-likeness (QED) is 0.809. The van der Waals surface area contributed by atoms with Crippen LogP contribution in [-0.2, 0) is 11.3 Å². The topological polar surface area (TPSA) is 78.2 Å². The zero-order chi connectivity index (χ0) is 17.7. The van der Waals surface area contributed by atoms with Crippen LogP contribution >= 0.6 is 0 Å². The summed E-state index contributed by atoms with van der Waals surface area (Å²) >= 11 is 0. The molecule has 0 aliphatic heterocycles. The van der Waals surface area contributed by atoms with E-state index >= 15 is 0 Å². The molecule has 2 aromatic rings. The molecule has 0 saturated carbocycles. The highest BCUT2D eigenvalue weighted by Gasteiger charge is 2.26. The number of aromatic amines is 1. The van der Waals surface area contributed by atoms with Crippen LogP contribution in [0.25, 0.3) is 0 Å². The Hall–Kier alpha value is -2.18. The van der Waals surface area contributed by atoms with Crippen molar-refractivity contribution in [3.63, 3.8) is 0 Å². The summed E-state index contributed by atoms with van der Waals surface area (Å²) in [5.41, 5.74) is 9.80. The van der Waals surface area contributed by atoms with E-state index in [1.807, 2.05) is 63.2 Å². The van der Waals surface area contributed by atoms with Crippen molar-refractivity contribution in [1.82, 2.24) is 20.0 Å². The summed E-state index contributed by atoms with van der Waals surface area (Å²) in [6.45, 7) is 5.73. The van der Waals surface area contributed by atoms with Crippen LogP contribution in [-0.4, -0.2) is 53.1 Å². The number of likely N-dealkylation sites (N-methyl/N-ethyl adjacent to an activating group) is 1. The van der Waals surface area contributed by atoms with Crippen LogP contribution in [0.5, 0.6) is 0 Å². The highest BCUT2D eigenvalue weighted by molar-refractivity contribution is 5.83. The predicted octanol–water partition coefficient (Wildman–Crippen LogP) is 1.62. The Labute approximate surface area is 143 Å². The lowest BCUT2D eigenvalue weighted by atomic mass is 10.0. The lowest BCUT2D eigenvalue weighted by Crippen LogP contribution is -2.41. The Morgan fingerprint density at radius 2 is 1.88 bits per heavy atom. The summed E-state index contributed by atoms with van der Waals surface area (Å²) in [4.78, 5) is 16.9. The van der Waals surface area contributed by atoms with Gasteiger partial charge in [-0.3, -0.25) is 9.89 Å². The van der Waals surface area contributed by atoms with E-state index in [0.29, 0.717) is 13.1 Å². The lowest BCUT2D eigenvalue weighted by molar-refractivity contribution is -0.133. The summed E-state index contributed by atoms with van der Waals surface area (Å²) in [7, 11) is 3.99. The van der Waals surface area contributed by atoms with Crippen molar-refractivity contribution in [3.05, 3.63) is 52.8 Å². The van der Waals surface area contributed by atoms with Gasteiger partial charge in [0, 0.05) is 30.9 Å². The number of hydrogen-bond donors (Lipinski definition) is 2. The zero-order valence-corrected chi connectivity index (χ0v) is 14.9. The number of carbonyl (C=O) groups excluding carboxylic acids is 1. The van der Waals surface area contributed by atoms with E-state index in [-0.39, 0.29) is 5.91 Å². The van der Waals surface area contributed by atoms with Crippen molar-refractivity contribution in [3.8, 4) is 0 Å². The maximum Gasteiger partial charge on any atom is 0.244 e. The van der Waals surface area contributed by atoms with Crippen LogP contribution < -0.4 is 5.73 Å². The smallest absolute Gasteiger partial charge is 0.244 e. The third-order valence-corrected chi connectivity index (χ3v) is 4.11.